The summed E-state index contributed by atoms with van der Waals surface area (Å²) in [5.74, 6) is 1.31. The number of carboxylic acids is 1. The standard InChI is InChI=1S/C16H21NO3/c1-9-14(15(19)20)13(18)8-17(9)16-5-10-2-11(6-16)4-12(3-10)7-16/h8,10-12,18H,2-7H2,1H3,(H,19,20). The first kappa shape index (κ1) is 12.3. The number of rotatable bonds is 2. The molecule has 0 radical (unpaired) electrons. The van der Waals surface area contributed by atoms with Crippen molar-refractivity contribution < 1.29 is 15.0 Å². The number of aromatic nitrogens is 1. The molecule has 1 aromatic heterocycles. The number of hydrogen-bond donors (Lipinski definition) is 2. The van der Waals surface area contributed by atoms with Crippen molar-refractivity contribution in [2.24, 2.45) is 17.8 Å². The predicted octanol–water partition coefficient (Wildman–Crippen LogP) is 3.13. The zero-order chi connectivity index (χ0) is 14.1. The van der Waals surface area contributed by atoms with Gasteiger partial charge in [0.05, 0.1) is 0 Å². The van der Waals surface area contributed by atoms with Crippen molar-refractivity contribution in [2.75, 3.05) is 0 Å². The van der Waals surface area contributed by atoms with Gasteiger partial charge in [-0.3, -0.25) is 0 Å². The molecule has 0 unspecified atom stereocenters. The van der Waals surface area contributed by atoms with Gasteiger partial charge >= 0.3 is 5.97 Å². The fourth-order valence-electron chi connectivity index (χ4n) is 5.71. The summed E-state index contributed by atoms with van der Waals surface area (Å²) in [5, 5.41) is 19.3. The molecule has 4 saturated carbocycles. The van der Waals surface area contributed by atoms with Crippen LogP contribution in [0.25, 0.3) is 0 Å². The average Bonchev–Trinajstić information content (AvgIpc) is 2.63. The van der Waals surface area contributed by atoms with Crippen LogP contribution < -0.4 is 0 Å². The minimum atomic E-state index is -1.02. The highest BCUT2D eigenvalue weighted by atomic mass is 16.4. The zero-order valence-electron chi connectivity index (χ0n) is 11.8. The Morgan fingerprint density at radius 3 is 2.10 bits per heavy atom. The van der Waals surface area contributed by atoms with Crippen molar-refractivity contribution >= 4 is 5.97 Å². The summed E-state index contributed by atoms with van der Waals surface area (Å²) in [6.07, 6.45) is 9.23. The van der Waals surface area contributed by atoms with Crippen LogP contribution in [0.4, 0.5) is 0 Å². The molecule has 4 bridgehead atoms. The van der Waals surface area contributed by atoms with Gasteiger partial charge < -0.3 is 14.8 Å². The number of hydrogen-bond acceptors (Lipinski definition) is 2. The Kier molecular flexibility index (Phi) is 2.34. The molecule has 0 aromatic carbocycles. The van der Waals surface area contributed by atoms with Crippen LogP contribution >= 0.6 is 0 Å². The Morgan fingerprint density at radius 2 is 1.70 bits per heavy atom. The molecule has 20 heavy (non-hydrogen) atoms. The van der Waals surface area contributed by atoms with Crippen LogP contribution in [-0.2, 0) is 5.54 Å². The number of nitrogens with zero attached hydrogens (tertiary/aromatic N) is 1. The molecule has 4 aliphatic carbocycles. The van der Waals surface area contributed by atoms with E-state index in [4.69, 9.17) is 0 Å². The molecule has 5 rings (SSSR count). The smallest absolute Gasteiger partial charge is 0.341 e. The minimum absolute atomic E-state index is 0.0734. The highest BCUT2D eigenvalue weighted by molar-refractivity contribution is 5.92. The lowest BCUT2D eigenvalue weighted by Gasteiger charge is -2.57. The average molecular weight is 275 g/mol. The van der Waals surface area contributed by atoms with E-state index in [2.05, 4.69) is 4.57 Å². The molecular formula is C16H21NO3. The van der Waals surface area contributed by atoms with Gasteiger partial charge in [0, 0.05) is 17.4 Å². The van der Waals surface area contributed by atoms with Crippen molar-refractivity contribution in [3.05, 3.63) is 17.5 Å². The maximum Gasteiger partial charge on any atom is 0.341 e. The van der Waals surface area contributed by atoms with E-state index in [1.165, 1.54) is 19.3 Å². The Hall–Kier alpha value is -1.45. The van der Waals surface area contributed by atoms with E-state index in [1.54, 1.807) is 6.20 Å². The second-order valence-electron chi connectivity index (χ2n) is 7.29. The first-order valence-corrected chi connectivity index (χ1v) is 7.63. The minimum Gasteiger partial charge on any atom is -0.505 e. The van der Waals surface area contributed by atoms with Gasteiger partial charge in [0.15, 0.2) is 0 Å². The van der Waals surface area contributed by atoms with Gasteiger partial charge in [-0.15, -0.1) is 0 Å². The molecule has 4 aliphatic rings. The Labute approximate surface area is 118 Å². The molecule has 1 heterocycles. The van der Waals surface area contributed by atoms with Crippen LogP contribution in [0, 0.1) is 24.7 Å². The van der Waals surface area contributed by atoms with Crippen molar-refractivity contribution in [1.29, 1.82) is 0 Å². The number of aromatic carboxylic acids is 1. The Balaban J connectivity index is 1.81. The molecule has 1 aromatic rings. The topological polar surface area (TPSA) is 62.5 Å². The van der Waals surface area contributed by atoms with E-state index in [0.717, 1.165) is 42.7 Å². The van der Waals surface area contributed by atoms with Crippen molar-refractivity contribution in [1.82, 2.24) is 4.57 Å². The summed E-state index contributed by atoms with van der Waals surface area (Å²) >= 11 is 0. The van der Waals surface area contributed by atoms with Gasteiger partial charge in [0.25, 0.3) is 0 Å². The summed E-state index contributed by atoms with van der Waals surface area (Å²) in [7, 11) is 0. The van der Waals surface area contributed by atoms with Crippen LogP contribution in [0.3, 0.4) is 0 Å². The largest absolute Gasteiger partial charge is 0.505 e. The lowest BCUT2D eigenvalue weighted by molar-refractivity contribution is -0.0439. The van der Waals surface area contributed by atoms with Gasteiger partial charge in [0.1, 0.15) is 11.3 Å². The third-order valence-corrected chi connectivity index (χ3v) is 5.96. The quantitative estimate of drug-likeness (QED) is 0.871. The zero-order valence-corrected chi connectivity index (χ0v) is 11.8. The van der Waals surface area contributed by atoms with Crippen LogP contribution in [0.15, 0.2) is 6.20 Å². The molecule has 2 N–H and O–H groups in total. The molecule has 4 nitrogen and oxygen atoms in total. The summed E-state index contributed by atoms with van der Waals surface area (Å²) in [4.78, 5) is 11.3. The molecule has 0 saturated heterocycles. The van der Waals surface area contributed by atoms with E-state index < -0.39 is 5.97 Å². The van der Waals surface area contributed by atoms with Gasteiger partial charge in [-0.2, -0.15) is 0 Å². The van der Waals surface area contributed by atoms with E-state index in [1.807, 2.05) is 6.92 Å². The maximum atomic E-state index is 11.3. The highest BCUT2D eigenvalue weighted by Gasteiger charge is 2.52. The number of aromatic hydroxyl groups is 1. The number of carbonyl (C=O) groups is 1. The van der Waals surface area contributed by atoms with Crippen LogP contribution in [-0.4, -0.2) is 20.7 Å². The molecule has 4 heteroatoms. The summed E-state index contributed by atoms with van der Waals surface area (Å²) < 4.78 is 2.11. The lowest BCUT2D eigenvalue weighted by Crippen LogP contribution is -2.51. The maximum absolute atomic E-state index is 11.3. The fraction of sp³-hybridized carbons (Fsp3) is 0.688. The lowest BCUT2D eigenvalue weighted by atomic mass is 9.53. The van der Waals surface area contributed by atoms with Gasteiger partial charge in [0.2, 0.25) is 0 Å². The molecule has 0 spiro atoms. The second kappa shape index (κ2) is 3.80. The van der Waals surface area contributed by atoms with E-state index in [9.17, 15) is 15.0 Å². The molecule has 0 aliphatic heterocycles. The highest BCUT2D eigenvalue weighted by Crippen LogP contribution is 2.59. The third-order valence-electron chi connectivity index (χ3n) is 5.96. The van der Waals surface area contributed by atoms with Crippen LogP contribution in [0.1, 0.15) is 54.6 Å². The van der Waals surface area contributed by atoms with Crippen molar-refractivity contribution in [2.45, 2.75) is 51.0 Å². The molecule has 0 atom stereocenters. The normalized spacial score (nSPS) is 38.4. The summed E-state index contributed by atoms with van der Waals surface area (Å²) in [5.41, 5.74) is 0.877. The monoisotopic (exact) mass is 275 g/mol. The van der Waals surface area contributed by atoms with Crippen LogP contribution in [0.2, 0.25) is 0 Å². The second-order valence-corrected chi connectivity index (χ2v) is 7.29. The summed E-state index contributed by atoms with van der Waals surface area (Å²) in [6.45, 7) is 1.84. The van der Waals surface area contributed by atoms with E-state index in [-0.39, 0.29) is 16.9 Å². The Morgan fingerprint density at radius 1 is 1.20 bits per heavy atom. The molecular weight excluding hydrogens is 254 g/mol. The molecule has 0 amide bonds. The van der Waals surface area contributed by atoms with E-state index in [0.29, 0.717) is 0 Å². The molecule has 108 valence electrons. The molecule has 4 fully saturated rings. The van der Waals surface area contributed by atoms with Crippen molar-refractivity contribution in [3.63, 3.8) is 0 Å². The predicted molar refractivity (Wildman–Crippen MR) is 73.9 cm³/mol. The summed E-state index contributed by atoms with van der Waals surface area (Å²) in [6, 6.07) is 0. The van der Waals surface area contributed by atoms with Gasteiger partial charge in [-0.05, 0) is 63.2 Å². The van der Waals surface area contributed by atoms with Crippen molar-refractivity contribution in [3.8, 4) is 5.75 Å². The third kappa shape index (κ3) is 1.51. The first-order valence-electron chi connectivity index (χ1n) is 7.63. The fourth-order valence-corrected chi connectivity index (χ4v) is 5.71. The van der Waals surface area contributed by atoms with Gasteiger partial charge in [-0.25, -0.2) is 4.79 Å². The van der Waals surface area contributed by atoms with Crippen LogP contribution in [0.5, 0.6) is 5.75 Å². The van der Waals surface area contributed by atoms with Gasteiger partial charge in [-0.1, -0.05) is 0 Å². The Bertz CT molecular complexity index is 552. The first-order chi connectivity index (χ1) is 9.48. The van der Waals surface area contributed by atoms with E-state index >= 15 is 0 Å². The number of carboxylic acid groups (broad SMARTS) is 1. The SMILES string of the molecule is Cc1c(C(=O)O)c(O)cn1C12CC3CC(CC(C3)C1)C2.